The van der Waals surface area contributed by atoms with Crippen molar-refractivity contribution in [3.8, 4) is 0 Å². The van der Waals surface area contributed by atoms with Crippen molar-refractivity contribution in [3.05, 3.63) is 36.7 Å². The zero-order valence-electron chi connectivity index (χ0n) is 8.29. The van der Waals surface area contributed by atoms with Crippen LogP contribution in [0, 0.1) is 0 Å². The molecule has 16 heavy (non-hydrogen) atoms. The highest BCUT2D eigenvalue weighted by Gasteiger charge is 2.19. The van der Waals surface area contributed by atoms with Crippen LogP contribution >= 0.6 is 0 Å². The van der Waals surface area contributed by atoms with Crippen LogP contribution in [0.1, 0.15) is 0 Å². The molecular formula is C11H8BNO3. The zero-order valence-corrected chi connectivity index (χ0v) is 8.29. The van der Waals surface area contributed by atoms with Crippen LogP contribution < -0.4 is 5.46 Å². The van der Waals surface area contributed by atoms with Crippen LogP contribution in [-0.4, -0.2) is 22.2 Å². The summed E-state index contributed by atoms with van der Waals surface area (Å²) in [6.07, 6.45) is 3.22. The summed E-state index contributed by atoms with van der Waals surface area (Å²) in [6, 6.07) is 7.14. The quantitative estimate of drug-likeness (QED) is 0.582. The van der Waals surface area contributed by atoms with Crippen LogP contribution in [0.2, 0.25) is 0 Å². The normalized spacial score (nSPS) is 11.1. The summed E-state index contributed by atoms with van der Waals surface area (Å²) in [7, 11) is -1.54. The van der Waals surface area contributed by atoms with Crippen LogP contribution in [0.3, 0.4) is 0 Å². The topological polar surface area (TPSA) is 66.5 Å². The molecule has 0 aliphatic heterocycles. The molecule has 0 saturated carbocycles. The smallest absolute Gasteiger partial charge is 0.465 e. The minimum absolute atomic E-state index is 0.362. The number of nitrogens with zero attached hydrogens (tertiary/aromatic N) is 1. The predicted octanol–water partition coefficient (Wildman–Crippen LogP) is 0.661. The molecule has 1 aromatic carbocycles. The van der Waals surface area contributed by atoms with Crippen molar-refractivity contribution in [2.75, 3.05) is 0 Å². The maximum absolute atomic E-state index is 9.27. The third kappa shape index (κ3) is 1.22. The minimum atomic E-state index is -1.54. The molecule has 0 spiro atoms. The Morgan fingerprint density at radius 3 is 2.94 bits per heavy atom. The van der Waals surface area contributed by atoms with E-state index in [1.165, 1.54) is 6.26 Å². The fraction of sp³-hybridized carbons (Fsp3) is 0. The number of aromatic nitrogens is 1. The average Bonchev–Trinajstić information content (AvgIpc) is 2.76. The van der Waals surface area contributed by atoms with Gasteiger partial charge in [0, 0.05) is 22.4 Å². The van der Waals surface area contributed by atoms with Crippen LogP contribution in [0.15, 0.2) is 41.1 Å². The summed E-state index contributed by atoms with van der Waals surface area (Å²) in [6.45, 7) is 0. The lowest BCUT2D eigenvalue weighted by Crippen LogP contribution is -2.30. The molecule has 78 valence electrons. The number of pyridine rings is 1. The van der Waals surface area contributed by atoms with Crippen LogP contribution in [-0.2, 0) is 0 Å². The van der Waals surface area contributed by atoms with E-state index < -0.39 is 7.12 Å². The fourth-order valence-corrected chi connectivity index (χ4v) is 1.90. The standard InChI is InChI=1S/C11H8BNO3/c14-12(15)9-6-7-2-1-4-13-10(7)8-3-5-16-11(8)9/h1-6,14-15H. The predicted molar refractivity (Wildman–Crippen MR) is 61.3 cm³/mol. The van der Waals surface area contributed by atoms with Crippen LogP contribution in [0.5, 0.6) is 0 Å². The van der Waals surface area contributed by atoms with Gasteiger partial charge in [0.15, 0.2) is 0 Å². The first kappa shape index (κ1) is 9.39. The number of hydrogen-bond acceptors (Lipinski definition) is 4. The number of benzene rings is 1. The van der Waals surface area contributed by atoms with Crippen LogP contribution in [0.25, 0.3) is 21.9 Å². The van der Waals surface area contributed by atoms with Gasteiger partial charge in [0.2, 0.25) is 0 Å². The first-order chi connectivity index (χ1) is 7.77. The second-order valence-electron chi connectivity index (χ2n) is 3.58. The zero-order chi connectivity index (χ0) is 11.1. The van der Waals surface area contributed by atoms with Gasteiger partial charge in [-0.05, 0) is 18.2 Å². The molecule has 3 aromatic rings. The Morgan fingerprint density at radius 2 is 2.12 bits per heavy atom. The van der Waals surface area contributed by atoms with E-state index in [0.29, 0.717) is 11.0 Å². The maximum Gasteiger partial charge on any atom is 0.492 e. The summed E-state index contributed by atoms with van der Waals surface area (Å²) in [5, 5.41) is 20.2. The molecule has 2 aromatic heterocycles. The largest absolute Gasteiger partial charge is 0.492 e. The number of furan rings is 1. The van der Waals surface area contributed by atoms with Crippen molar-refractivity contribution in [2.45, 2.75) is 0 Å². The molecule has 5 heteroatoms. The maximum atomic E-state index is 9.27. The summed E-state index contributed by atoms with van der Waals surface area (Å²) in [4.78, 5) is 4.26. The van der Waals surface area contributed by atoms with Gasteiger partial charge in [0.1, 0.15) is 5.58 Å². The molecule has 0 saturated heterocycles. The highest BCUT2D eigenvalue weighted by molar-refractivity contribution is 6.62. The van der Waals surface area contributed by atoms with Gasteiger partial charge in [0.25, 0.3) is 0 Å². The molecule has 0 fully saturated rings. The SMILES string of the molecule is OB(O)c1cc2cccnc2c2ccoc12. The molecule has 0 atom stereocenters. The Bertz CT molecular complexity index is 662. The Balaban J connectivity index is 2.53. The van der Waals surface area contributed by atoms with Crippen molar-refractivity contribution in [3.63, 3.8) is 0 Å². The first-order valence-corrected chi connectivity index (χ1v) is 4.88. The minimum Gasteiger partial charge on any atom is -0.465 e. The first-order valence-electron chi connectivity index (χ1n) is 4.88. The Hall–Kier alpha value is -1.85. The van der Waals surface area contributed by atoms with Gasteiger partial charge in [-0.3, -0.25) is 4.98 Å². The lowest BCUT2D eigenvalue weighted by molar-refractivity contribution is 0.425. The third-order valence-electron chi connectivity index (χ3n) is 2.61. The summed E-state index contributed by atoms with van der Waals surface area (Å²) in [5.41, 5.74) is 1.64. The van der Waals surface area contributed by atoms with E-state index in [-0.39, 0.29) is 0 Å². The van der Waals surface area contributed by atoms with Crippen molar-refractivity contribution in [2.24, 2.45) is 0 Å². The Kier molecular flexibility index (Phi) is 1.95. The molecule has 0 aliphatic carbocycles. The second kappa shape index (κ2) is 3.33. The summed E-state index contributed by atoms with van der Waals surface area (Å²) in [5.74, 6) is 0. The Labute approximate surface area is 91.3 Å². The molecule has 0 bridgehead atoms. The van der Waals surface area contributed by atoms with Crippen molar-refractivity contribution >= 4 is 34.5 Å². The van der Waals surface area contributed by atoms with Gasteiger partial charge in [-0.25, -0.2) is 0 Å². The monoisotopic (exact) mass is 213 g/mol. The summed E-state index contributed by atoms with van der Waals surface area (Å²) >= 11 is 0. The highest BCUT2D eigenvalue weighted by atomic mass is 16.4. The van der Waals surface area contributed by atoms with Gasteiger partial charge in [-0.15, -0.1) is 0 Å². The van der Waals surface area contributed by atoms with Gasteiger partial charge in [-0.2, -0.15) is 0 Å². The molecule has 3 rings (SSSR count). The van der Waals surface area contributed by atoms with Crippen molar-refractivity contribution in [1.82, 2.24) is 4.98 Å². The second-order valence-corrected chi connectivity index (χ2v) is 3.58. The van der Waals surface area contributed by atoms with E-state index in [9.17, 15) is 10.0 Å². The van der Waals surface area contributed by atoms with Crippen molar-refractivity contribution < 1.29 is 14.5 Å². The summed E-state index contributed by atoms with van der Waals surface area (Å²) < 4.78 is 5.26. The molecule has 0 radical (unpaired) electrons. The fourth-order valence-electron chi connectivity index (χ4n) is 1.90. The Morgan fingerprint density at radius 1 is 1.25 bits per heavy atom. The van der Waals surface area contributed by atoms with E-state index in [4.69, 9.17) is 4.42 Å². The number of fused-ring (bicyclic) bond motifs is 3. The van der Waals surface area contributed by atoms with E-state index in [0.717, 1.165) is 16.3 Å². The molecule has 4 nitrogen and oxygen atoms in total. The average molecular weight is 213 g/mol. The molecule has 2 heterocycles. The van der Waals surface area contributed by atoms with E-state index in [2.05, 4.69) is 4.98 Å². The number of hydrogen-bond donors (Lipinski definition) is 2. The van der Waals surface area contributed by atoms with Gasteiger partial charge in [-0.1, -0.05) is 6.07 Å². The third-order valence-corrected chi connectivity index (χ3v) is 2.61. The lowest BCUT2D eigenvalue weighted by Gasteiger charge is -2.03. The molecule has 0 amide bonds. The van der Waals surface area contributed by atoms with Crippen molar-refractivity contribution in [1.29, 1.82) is 0 Å². The van der Waals surface area contributed by atoms with E-state index in [1.807, 2.05) is 12.1 Å². The highest BCUT2D eigenvalue weighted by Crippen LogP contribution is 2.22. The molecule has 2 N–H and O–H groups in total. The van der Waals surface area contributed by atoms with Gasteiger partial charge in [0.05, 0.1) is 11.8 Å². The van der Waals surface area contributed by atoms with Gasteiger partial charge >= 0.3 is 7.12 Å². The molecular weight excluding hydrogens is 205 g/mol. The molecule has 0 aliphatic rings. The number of rotatable bonds is 1. The van der Waals surface area contributed by atoms with E-state index in [1.54, 1.807) is 18.3 Å². The van der Waals surface area contributed by atoms with Crippen LogP contribution in [0.4, 0.5) is 0 Å². The lowest BCUT2D eigenvalue weighted by atomic mass is 9.78. The molecule has 0 unspecified atom stereocenters. The van der Waals surface area contributed by atoms with E-state index >= 15 is 0 Å². The van der Waals surface area contributed by atoms with Gasteiger partial charge < -0.3 is 14.5 Å².